The van der Waals surface area contributed by atoms with E-state index in [2.05, 4.69) is 16.2 Å². The lowest BCUT2D eigenvalue weighted by Crippen LogP contribution is -2.48. The van der Waals surface area contributed by atoms with Crippen LogP contribution in [0.15, 0.2) is 24.3 Å². The molecular weight excluding hydrogens is 347 g/mol. The van der Waals surface area contributed by atoms with E-state index in [9.17, 15) is 14.0 Å². The first-order valence-corrected chi connectivity index (χ1v) is 9.75. The SMILES string of the molecule is CC(C)C(=O)NCC(=O)N1CCC(C2NNCC2c2cccc(F)c2)CC1. The number of piperidine rings is 1. The molecule has 2 aliphatic rings. The lowest BCUT2D eigenvalue weighted by Gasteiger charge is -2.36. The highest BCUT2D eigenvalue weighted by atomic mass is 19.1. The number of carbonyl (C=O) groups excluding carboxylic acids is 2. The third-order valence-corrected chi connectivity index (χ3v) is 5.64. The molecule has 0 aromatic heterocycles. The molecule has 7 heteroatoms. The molecule has 2 atom stereocenters. The van der Waals surface area contributed by atoms with Crippen LogP contribution in [0, 0.1) is 17.7 Å². The minimum atomic E-state index is -0.206. The maximum atomic E-state index is 13.6. The number of amides is 2. The summed E-state index contributed by atoms with van der Waals surface area (Å²) >= 11 is 0. The molecule has 0 spiro atoms. The van der Waals surface area contributed by atoms with Crippen molar-refractivity contribution in [3.05, 3.63) is 35.6 Å². The maximum absolute atomic E-state index is 13.6. The summed E-state index contributed by atoms with van der Waals surface area (Å²) in [5.41, 5.74) is 7.58. The van der Waals surface area contributed by atoms with Gasteiger partial charge in [-0.05, 0) is 36.5 Å². The van der Waals surface area contributed by atoms with Gasteiger partial charge in [0, 0.05) is 37.5 Å². The molecule has 6 nitrogen and oxygen atoms in total. The second kappa shape index (κ2) is 8.80. The van der Waals surface area contributed by atoms with Crippen LogP contribution in [0.3, 0.4) is 0 Å². The number of benzene rings is 1. The van der Waals surface area contributed by atoms with Gasteiger partial charge in [-0.1, -0.05) is 26.0 Å². The van der Waals surface area contributed by atoms with Gasteiger partial charge in [-0.2, -0.15) is 0 Å². The van der Waals surface area contributed by atoms with Crippen molar-refractivity contribution in [3.63, 3.8) is 0 Å². The minimum Gasteiger partial charge on any atom is -0.347 e. The summed E-state index contributed by atoms with van der Waals surface area (Å²) in [7, 11) is 0. The molecule has 0 aliphatic carbocycles. The highest BCUT2D eigenvalue weighted by Crippen LogP contribution is 2.32. The molecule has 1 aromatic carbocycles. The van der Waals surface area contributed by atoms with Crippen molar-refractivity contribution in [2.24, 2.45) is 11.8 Å². The van der Waals surface area contributed by atoms with Crippen molar-refractivity contribution >= 4 is 11.8 Å². The molecule has 0 bridgehead atoms. The Balaban J connectivity index is 1.52. The first kappa shape index (κ1) is 19.8. The number of carbonyl (C=O) groups is 2. The van der Waals surface area contributed by atoms with Gasteiger partial charge in [0.1, 0.15) is 5.82 Å². The Morgan fingerprint density at radius 2 is 2.04 bits per heavy atom. The summed E-state index contributed by atoms with van der Waals surface area (Å²) in [5.74, 6) is 0.186. The molecule has 1 aromatic rings. The Morgan fingerprint density at radius 1 is 1.30 bits per heavy atom. The normalized spacial score (nSPS) is 23.6. The van der Waals surface area contributed by atoms with Crippen molar-refractivity contribution in [2.45, 2.75) is 38.6 Å². The van der Waals surface area contributed by atoms with Gasteiger partial charge < -0.3 is 10.2 Å². The van der Waals surface area contributed by atoms with Gasteiger partial charge in [0.25, 0.3) is 0 Å². The van der Waals surface area contributed by atoms with Gasteiger partial charge >= 0.3 is 0 Å². The Bertz CT molecular complexity index is 674. The number of halogens is 1. The van der Waals surface area contributed by atoms with E-state index >= 15 is 0 Å². The summed E-state index contributed by atoms with van der Waals surface area (Å²) in [6.07, 6.45) is 1.80. The number of likely N-dealkylation sites (tertiary alicyclic amines) is 1. The topological polar surface area (TPSA) is 73.5 Å². The summed E-state index contributed by atoms with van der Waals surface area (Å²) in [4.78, 5) is 25.8. The zero-order chi connectivity index (χ0) is 19.4. The molecule has 3 N–H and O–H groups in total. The number of hydrogen-bond acceptors (Lipinski definition) is 4. The predicted molar refractivity (Wildman–Crippen MR) is 101 cm³/mol. The van der Waals surface area contributed by atoms with Crippen LogP contribution in [0.25, 0.3) is 0 Å². The molecule has 2 saturated heterocycles. The zero-order valence-electron chi connectivity index (χ0n) is 16.0. The smallest absolute Gasteiger partial charge is 0.241 e. The predicted octanol–water partition coefficient (Wildman–Crippen LogP) is 1.40. The second-order valence-electron chi connectivity index (χ2n) is 7.80. The number of nitrogens with zero attached hydrogens (tertiary/aromatic N) is 1. The Labute approximate surface area is 159 Å². The Hall–Kier alpha value is -1.99. The van der Waals surface area contributed by atoms with Crippen LogP contribution in [0.2, 0.25) is 0 Å². The fourth-order valence-corrected chi connectivity index (χ4v) is 4.01. The second-order valence-corrected chi connectivity index (χ2v) is 7.80. The third-order valence-electron chi connectivity index (χ3n) is 5.64. The van der Waals surface area contributed by atoms with Crippen molar-refractivity contribution in [2.75, 3.05) is 26.2 Å². The van der Waals surface area contributed by atoms with E-state index in [-0.39, 0.29) is 42.1 Å². The van der Waals surface area contributed by atoms with Gasteiger partial charge in [0.15, 0.2) is 0 Å². The number of rotatable bonds is 5. The van der Waals surface area contributed by atoms with Gasteiger partial charge in [-0.15, -0.1) is 0 Å². The molecule has 148 valence electrons. The van der Waals surface area contributed by atoms with E-state index < -0.39 is 0 Å². The van der Waals surface area contributed by atoms with Gasteiger partial charge in [0.2, 0.25) is 11.8 Å². The summed E-state index contributed by atoms with van der Waals surface area (Å²) in [5, 5.41) is 2.69. The van der Waals surface area contributed by atoms with E-state index in [0.717, 1.165) is 24.9 Å². The van der Waals surface area contributed by atoms with Crippen LogP contribution in [0.1, 0.15) is 38.2 Å². The summed E-state index contributed by atoms with van der Waals surface area (Å²) in [6, 6.07) is 7.04. The number of nitrogens with one attached hydrogen (secondary N) is 3. The standard InChI is InChI=1S/C20H29FN4O2/c1-13(2)20(27)22-12-18(26)25-8-6-14(7-9-25)19-17(11-23-24-19)15-4-3-5-16(21)10-15/h3-5,10,13-14,17,19,23-24H,6-9,11-12H2,1-2H3,(H,22,27). The van der Waals surface area contributed by atoms with Gasteiger partial charge in [0.05, 0.1) is 6.54 Å². The van der Waals surface area contributed by atoms with Crippen molar-refractivity contribution < 1.29 is 14.0 Å². The van der Waals surface area contributed by atoms with E-state index in [4.69, 9.17) is 0 Å². The minimum absolute atomic E-state index is 0.0263. The summed E-state index contributed by atoms with van der Waals surface area (Å²) < 4.78 is 13.6. The molecule has 2 heterocycles. The first-order valence-electron chi connectivity index (χ1n) is 9.75. The first-order chi connectivity index (χ1) is 13.0. The fraction of sp³-hybridized carbons (Fsp3) is 0.600. The van der Waals surface area contributed by atoms with Gasteiger partial charge in [-0.25, -0.2) is 4.39 Å². The third kappa shape index (κ3) is 4.84. The number of hydrogen-bond donors (Lipinski definition) is 3. The van der Waals surface area contributed by atoms with E-state index in [1.165, 1.54) is 6.07 Å². The van der Waals surface area contributed by atoms with Crippen LogP contribution in [0.4, 0.5) is 4.39 Å². The van der Waals surface area contributed by atoms with Gasteiger partial charge in [-0.3, -0.25) is 20.4 Å². The molecule has 27 heavy (non-hydrogen) atoms. The largest absolute Gasteiger partial charge is 0.347 e. The van der Waals surface area contributed by atoms with Crippen LogP contribution in [-0.4, -0.2) is 48.9 Å². The molecule has 2 amide bonds. The average Bonchev–Trinajstić information content (AvgIpc) is 3.15. The maximum Gasteiger partial charge on any atom is 0.241 e. The zero-order valence-corrected chi connectivity index (χ0v) is 16.0. The van der Waals surface area contributed by atoms with Crippen molar-refractivity contribution in [1.29, 1.82) is 0 Å². The van der Waals surface area contributed by atoms with Crippen molar-refractivity contribution in [1.82, 2.24) is 21.1 Å². The summed E-state index contributed by atoms with van der Waals surface area (Å²) in [6.45, 7) is 5.83. The lowest BCUT2D eigenvalue weighted by molar-refractivity contribution is -0.134. The van der Waals surface area contributed by atoms with Crippen LogP contribution >= 0.6 is 0 Å². The van der Waals surface area contributed by atoms with Crippen LogP contribution in [-0.2, 0) is 9.59 Å². The van der Waals surface area contributed by atoms with E-state index in [1.807, 2.05) is 24.8 Å². The van der Waals surface area contributed by atoms with Crippen molar-refractivity contribution in [3.8, 4) is 0 Å². The van der Waals surface area contributed by atoms with E-state index in [0.29, 0.717) is 19.0 Å². The average molecular weight is 376 g/mol. The molecule has 0 saturated carbocycles. The molecular formula is C20H29FN4O2. The molecule has 2 aliphatic heterocycles. The Kier molecular flexibility index (Phi) is 6.44. The van der Waals surface area contributed by atoms with E-state index in [1.54, 1.807) is 12.1 Å². The molecule has 0 radical (unpaired) electrons. The number of hydrazine groups is 1. The quantitative estimate of drug-likeness (QED) is 0.726. The molecule has 3 rings (SSSR count). The van der Waals surface area contributed by atoms with Crippen LogP contribution in [0.5, 0.6) is 0 Å². The van der Waals surface area contributed by atoms with Crippen LogP contribution < -0.4 is 16.2 Å². The highest BCUT2D eigenvalue weighted by molar-refractivity contribution is 5.85. The monoisotopic (exact) mass is 376 g/mol. The lowest BCUT2D eigenvalue weighted by atomic mass is 9.80. The molecule has 2 fully saturated rings. The Morgan fingerprint density at radius 3 is 2.70 bits per heavy atom. The highest BCUT2D eigenvalue weighted by Gasteiger charge is 2.37. The molecule has 2 unspecified atom stereocenters. The fourth-order valence-electron chi connectivity index (χ4n) is 4.01.